The monoisotopic (exact) mass is 371 g/mol. The van der Waals surface area contributed by atoms with E-state index in [-0.39, 0.29) is 6.04 Å². The normalized spacial score (nSPS) is 12.9. The molecule has 1 unspecified atom stereocenters. The molecule has 2 aromatic rings. The van der Waals surface area contributed by atoms with Gasteiger partial charge in [0.15, 0.2) is 5.82 Å². The Hall–Kier alpha value is -1.02. The van der Waals surface area contributed by atoms with Gasteiger partial charge in [0.05, 0.1) is 11.7 Å². The maximum absolute atomic E-state index is 4.13. The fourth-order valence-corrected chi connectivity index (χ4v) is 2.09. The number of rotatable bonds is 5. The number of halogens is 1. The Morgan fingerprint density at radius 3 is 2.53 bits per heavy atom. The van der Waals surface area contributed by atoms with E-state index in [0.717, 1.165) is 18.1 Å². The molecule has 0 radical (unpaired) electrons. The first-order valence-electron chi connectivity index (χ1n) is 6.35. The predicted octanol–water partition coefficient (Wildman–Crippen LogP) is 2.57. The Kier molecular flexibility index (Phi) is 4.87. The van der Waals surface area contributed by atoms with Crippen molar-refractivity contribution in [1.82, 2.24) is 25.5 Å². The maximum Gasteiger partial charge on any atom is 0.173 e. The number of tetrazole rings is 1. The summed E-state index contributed by atoms with van der Waals surface area (Å²) in [4.78, 5) is 0. The van der Waals surface area contributed by atoms with Gasteiger partial charge >= 0.3 is 0 Å². The third-order valence-electron chi connectivity index (χ3n) is 2.78. The van der Waals surface area contributed by atoms with E-state index in [4.69, 9.17) is 0 Å². The second-order valence-electron chi connectivity index (χ2n) is 4.95. The molecule has 5 nitrogen and oxygen atoms in total. The first kappa shape index (κ1) is 14.4. The van der Waals surface area contributed by atoms with Gasteiger partial charge in [-0.15, -0.1) is 5.10 Å². The van der Waals surface area contributed by atoms with Crippen molar-refractivity contribution in [3.05, 3.63) is 33.7 Å². The van der Waals surface area contributed by atoms with Crippen LogP contribution in [0.15, 0.2) is 24.3 Å². The highest BCUT2D eigenvalue weighted by Gasteiger charge is 2.15. The van der Waals surface area contributed by atoms with Crippen molar-refractivity contribution in [2.24, 2.45) is 5.92 Å². The zero-order chi connectivity index (χ0) is 13.8. The molecule has 1 heterocycles. The Morgan fingerprint density at radius 2 is 1.89 bits per heavy atom. The van der Waals surface area contributed by atoms with Crippen LogP contribution in [0.2, 0.25) is 0 Å². The Balaban J connectivity index is 2.19. The first-order chi connectivity index (χ1) is 9.08. The molecule has 1 atom stereocenters. The lowest BCUT2D eigenvalue weighted by molar-refractivity contribution is 0.475. The van der Waals surface area contributed by atoms with Gasteiger partial charge in [0.25, 0.3) is 0 Å². The van der Waals surface area contributed by atoms with Crippen LogP contribution in [0.5, 0.6) is 0 Å². The van der Waals surface area contributed by atoms with Crippen molar-refractivity contribution in [3.8, 4) is 5.69 Å². The summed E-state index contributed by atoms with van der Waals surface area (Å²) < 4.78 is 2.98. The maximum atomic E-state index is 4.13. The summed E-state index contributed by atoms with van der Waals surface area (Å²) in [5, 5.41) is 15.4. The second kappa shape index (κ2) is 6.42. The van der Waals surface area contributed by atoms with Crippen molar-refractivity contribution < 1.29 is 0 Å². The number of hydrogen-bond acceptors (Lipinski definition) is 4. The van der Waals surface area contributed by atoms with Gasteiger partial charge in [-0.25, -0.2) is 0 Å². The van der Waals surface area contributed by atoms with Crippen LogP contribution in [0.25, 0.3) is 5.69 Å². The summed E-state index contributed by atoms with van der Waals surface area (Å²) in [6, 6.07) is 8.27. The molecule has 0 saturated carbocycles. The van der Waals surface area contributed by atoms with E-state index in [2.05, 4.69) is 64.2 Å². The van der Waals surface area contributed by atoms with Crippen LogP contribution in [0.4, 0.5) is 0 Å². The average molecular weight is 371 g/mol. The number of hydrogen-bond donors (Lipinski definition) is 1. The molecular weight excluding hydrogens is 353 g/mol. The number of benzene rings is 1. The van der Waals surface area contributed by atoms with E-state index in [9.17, 15) is 0 Å². The Labute approximate surface area is 126 Å². The molecule has 1 aromatic heterocycles. The highest BCUT2D eigenvalue weighted by molar-refractivity contribution is 14.1. The largest absolute Gasteiger partial charge is 0.307 e. The molecule has 0 aliphatic heterocycles. The summed E-state index contributed by atoms with van der Waals surface area (Å²) in [7, 11) is 0. The quantitative estimate of drug-likeness (QED) is 0.821. The number of nitrogens with one attached hydrogen (secondary N) is 1. The lowest BCUT2D eigenvalue weighted by atomic mass is 10.2. The van der Waals surface area contributed by atoms with E-state index >= 15 is 0 Å². The SMILES string of the molecule is CC(C)CNC(C)c1nnnn1-c1ccc(I)cc1. The molecule has 0 saturated heterocycles. The summed E-state index contributed by atoms with van der Waals surface area (Å²) in [5.74, 6) is 1.44. The van der Waals surface area contributed by atoms with Gasteiger partial charge < -0.3 is 5.32 Å². The summed E-state index contributed by atoms with van der Waals surface area (Å²) in [5.41, 5.74) is 0.985. The molecule has 0 aliphatic carbocycles. The summed E-state index contributed by atoms with van der Waals surface area (Å²) in [6.45, 7) is 7.39. The highest BCUT2D eigenvalue weighted by Crippen LogP contribution is 2.15. The minimum Gasteiger partial charge on any atom is -0.307 e. The fraction of sp³-hybridized carbons (Fsp3) is 0.462. The molecule has 0 fully saturated rings. The van der Waals surface area contributed by atoms with Crippen LogP contribution < -0.4 is 5.32 Å². The van der Waals surface area contributed by atoms with E-state index in [1.807, 2.05) is 24.3 Å². The van der Waals surface area contributed by atoms with Gasteiger partial charge in [0.1, 0.15) is 0 Å². The van der Waals surface area contributed by atoms with Crippen molar-refractivity contribution in [1.29, 1.82) is 0 Å². The molecule has 0 bridgehead atoms. The van der Waals surface area contributed by atoms with Crippen molar-refractivity contribution in [2.75, 3.05) is 6.54 Å². The van der Waals surface area contributed by atoms with Gasteiger partial charge in [0.2, 0.25) is 0 Å². The molecule has 19 heavy (non-hydrogen) atoms. The minimum atomic E-state index is 0.122. The van der Waals surface area contributed by atoms with Crippen LogP contribution in [0, 0.1) is 9.49 Å². The van der Waals surface area contributed by atoms with Crippen LogP contribution in [-0.2, 0) is 0 Å². The molecule has 102 valence electrons. The lowest BCUT2D eigenvalue weighted by Crippen LogP contribution is -2.25. The molecule has 0 spiro atoms. The summed E-state index contributed by atoms with van der Waals surface area (Å²) >= 11 is 2.28. The lowest BCUT2D eigenvalue weighted by Gasteiger charge is -2.15. The average Bonchev–Trinajstić information content (AvgIpc) is 2.86. The predicted molar refractivity (Wildman–Crippen MR) is 83.1 cm³/mol. The number of aromatic nitrogens is 4. The van der Waals surface area contributed by atoms with Crippen molar-refractivity contribution in [2.45, 2.75) is 26.8 Å². The van der Waals surface area contributed by atoms with Crippen LogP contribution in [0.1, 0.15) is 32.6 Å². The zero-order valence-electron chi connectivity index (χ0n) is 11.3. The van der Waals surface area contributed by atoms with Crippen LogP contribution in [0.3, 0.4) is 0 Å². The molecular formula is C13H18IN5. The van der Waals surface area contributed by atoms with E-state index < -0.39 is 0 Å². The third kappa shape index (κ3) is 3.73. The topological polar surface area (TPSA) is 55.6 Å². The van der Waals surface area contributed by atoms with Crippen LogP contribution >= 0.6 is 22.6 Å². The van der Waals surface area contributed by atoms with Gasteiger partial charge in [-0.2, -0.15) is 4.68 Å². The molecule has 0 amide bonds. The van der Waals surface area contributed by atoms with E-state index in [0.29, 0.717) is 5.92 Å². The smallest absolute Gasteiger partial charge is 0.173 e. The first-order valence-corrected chi connectivity index (χ1v) is 7.43. The minimum absolute atomic E-state index is 0.122. The molecule has 2 rings (SSSR count). The second-order valence-corrected chi connectivity index (χ2v) is 6.19. The van der Waals surface area contributed by atoms with Crippen molar-refractivity contribution in [3.63, 3.8) is 0 Å². The third-order valence-corrected chi connectivity index (χ3v) is 3.50. The summed E-state index contributed by atoms with van der Waals surface area (Å²) in [6.07, 6.45) is 0. The Bertz CT molecular complexity index is 520. The molecule has 1 N–H and O–H groups in total. The number of nitrogens with zero attached hydrogens (tertiary/aromatic N) is 4. The van der Waals surface area contributed by atoms with Gasteiger partial charge in [-0.1, -0.05) is 13.8 Å². The molecule has 1 aromatic carbocycles. The highest BCUT2D eigenvalue weighted by atomic mass is 127. The van der Waals surface area contributed by atoms with E-state index in [1.54, 1.807) is 4.68 Å². The standard InChI is InChI=1S/C13H18IN5/c1-9(2)8-15-10(3)13-16-17-18-19(13)12-6-4-11(14)5-7-12/h4-7,9-10,15H,8H2,1-3H3. The van der Waals surface area contributed by atoms with Gasteiger partial charge in [-0.3, -0.25) is 0 Å². The van der Waals surface area contributed by atoms with Gasteiger partial charge in [0, 0.05) is 3.57 Å². The van der Waals surface area contributed by atoms with Crippen LogP contribution in [-0.4, -0.2) is 26.8 Å². The van der Waals surface area contributed by atoms with Gasteiger partial charge in [-0.05, 0) is 76.7 Å². The Morgan fingerprint density at radius 1 is 1.21 bits per heavy atom. The van der Waals surface area contributed by atoms with Crippen molar-refractivity contribution >= 4 is 22.6 Å². The molecule has 6 heteroatoms. The van der Waals surface area contributed by atoms with E-state index in [1.165, 1.54) is 3.57 Å². The molecule has 0 aliphatic rings. The fourth-order valence-electron chi connectivity index (χ4n) is 1.73. The zero-order valence-corrected chi connectivity index (χ0v) is 13.5.